The van der Waals surface area contributed by atoms with Crippen molar-refractivity contribution in [3.05, 3.63) is 65.2 Å². The summed E-state index contributed by atoms with van der Waals surface area (Å²) in [5.74, 6) is 0.565. The molecule has 2 rings (SSSR count). The molecule has 0 saturated carbocycles. The summed E-state index contributed by atoms with van der Waals surface area (Å²) in [7, 11) is 1.58. The summed E-state index contributed by atoms with van der Waals surface area (Å²) >= 11 is 0. The predicted octanol–water partition coefficient (Wildman–Crippen LogP) is 2.48. The highest BCUT2D eigenvalue weighted by Crippen LogP contribution is 2.29. The second-order valence-electron chi connectivity index (χ2n) is 5.99. The van der Waals surface area contributed by atoms with Crippen molar-refractivity contribution in [2.45, 2.75) is 32.2 Å². The van der Waals surface area contributed by atoms with Gasteiger partial charge in [0, 0.05) is 12.1 Å². The minimum Gasteiger partial charge on any atom is -0.497 e. The lowest BCUT2D eigenvalue weighted by molar-refractivity contribution is -0.689. The zero-order chi connectivity index (χ0) is 19.2. The van der Waals surface area contributed by atoms with Gasteiger partial charge in [0.1, 0.15) is 12.3 Å². The number of carbonyl (C=O) groups excluding carboxylic acids is 1. The number of methoxy groups -OCH3 is 1. The average Bonchev–Trinajstić information content (AvgIpc) is 2.64. The molecule has 0 bridgehead atoms. The second kappa shape index (κ2) is 8.71. The van der Waals surface area contributed by atoms with E-state index in [1.165, 1.54) is 6.07 Å². The third-order valence-electron chi connectivity index (χ3n) is 4.00. The highest BCUT2D eigenvalue weighted by atomic mass is 19.4. The van der Waals surface area contributed by atoms with E-state index in [4.69, 9.17) is 4.74 Å². The lowest BCUT2D eigenvalue weighted by Gasteiger charge is -2.13. The van der Waals surface area contributed by atoms with Crippen LogP contribution in [-0.4, -0.2) is 19.1 Å². The van der Waals surface area contributed by atoms with Crippen LogP contribution in [0.15, 0.2) is 48.5 Å². The molecule has 3 N–H and O–H groups in total. The molecule has 1 amide bonds. The number of halogens is 3. The third-order valence-corrected chi connectivity index (χ3v) is 4.00. The zero-order valence-corrected chi connectivity index (χ0v) is 14.6. The van der Waals surface area contributed by atoms with Crippen LogP contribution in [0.2, 0.25) is 0 Å². The predicted molar refractivity (Wildman–Crippen MR) is 91.4 cm³/mol. The molecule has 0 unspecified atom stereocenters. The Hall–Kier alpha value is -2.54. The number of alkyl halides is 3. The van der Waals surface area contributed by atoms with E-state index in [-0.39, 0.29) is 5.91 Å². The van der Waals surface area contributed by atoms with Gasteiger partial charge in [0.2, 0.25) is 0 Å². The Bertz CT molecular complexity index is 730. The lowest BCUT2D eigenvalue weighted by atomic mass is 10.1. The van der Waals surface area contributed by atoms with E-state index in [1.54, 1.807) is 25.4 Å². The molecule has 0 aromatic heterocycles. The quantitative estimate of drug-likeness (QED) is 0.790. The molecule has 140 valence electrons. The number of hydrogen-bond donors (Lipinski definition) is 2. The number of benzene rings is 2. The molecule has 2 aromatic carbocycles. The first kappa shape index (κ1) is 19.8. The number of hydrogen-bond acceptors (Lipinski definition) is 2. The maximum atomic E-state index is 12.7. The Morgan fingerprint density at radius 1 is 1.15 bits per heavy atom. The molecule has 0 spiro atoms. The van der Waals surface area contributed by atoms with Crippen LogP contribution in [0, 0.1) is 0 Å². The normalized spacial score (nSPS) is 12.5. The van der Waals surface area contributed by atoms with Crippen LogP contribution >= 0.6 is 0 Å². The zero-order valence-electron chi connectivity index (χ0n) is 14.6. The van der Waals surface area contributed by atoms with Crippen molar-refractivity contribution in [1.82, 2.24) is 5.32 Å². The Morgan fingerprint density at radius 3 is 2.46 bits per heavy atom. The summed E-state index contributed by atoms with van der Waals surface area (Å²) in [6.07, 6.45) is -4.36. The topological polar surface area (TPSA) is 54.9 Å². The molecule has 26 heavy (non-hydrogen) atoms. The van der Waals surface area contributed by atoms with Crippen LogP contribution in [0.4, 0.5) is 13.2 Å². The molecule has 0 aliphatic rings. The van der Waals surface area contributed by atoms with Gasteiger partial charge in [-0.3, -0.25) is 4.79 Å². The van der Waals surface area contributed by atoms with Crippen molar-refractivity contribution in [3.63, 3.8) is 0 Å². The van der Waals surface area contributed by atoms with Gasteiger partial charge in [0.05, 0.1) is 12.7 Å². The van der Waals surface area contributed by atoms with Gasteiger partial charge < -0.3 is 15.4 Å². The number of quaternary nitrogens is 1. The number of nitrogens with one attached hydrogen (secondary N) is 1. The van der Waals surface area contributed by atoms with Gasteiger partial charge in [0.25, 0.3) is 5.91 Å². The Morgan fingerprint density at radius 2 is 1.85 bits per heavy atom. The number of ether oxygens (including phenoxy) is 1. The highest BCUT2D eigenvalue weighted by molar-refractivity contribution is 5.79. The van der Waals surface area contributed by atoms with Gasteiger partial charge in [-0.25, -0.2) is 0 Å². The molecule has 4 nitrogen and oxygen atoms in total. The van der Waals surface area contributed by atoms with Gasteiger partial charge in [-0.2, -0.15) is 13.2 Å². The van der Waals surface area contributed by atoms with E-state index in [1.807, 2.05) is 24.3 Å². The first-order valence-corrected chi connectivity index (χ1v) is 8.19. The number of rotatable bonds is 7. The van der Waals surface area contributed by atoms with Crippen molar-refractivity contribution in [3.8, 4) is 5.75 Å². The fourth-order valence-corrected chi connectivity index (χ4v) is 2.39. The summed E-state index contributed by atoms with van der Waals surface area (Å²) in [5, 5.41) is 4.52. The average molecular weight is 367 g/mol. The summed E-state index contributed by atoms with van der Waals surface area (Å²) < 4.78 is 43.2. The van der Waals surface area contributed by atoms with E-state index in [0.717, 1.165) is 23.4 Å². The first-order chi connectivity index (χ1) is 12.3. The van der Waals surface area contributed by atoms with Crippen molar-refractivity contribution in [2.75, 3.05) is 7.11 Å². The summed E-state index contributed by atoms with van der Waals surface area (Å²) in [6, 6.07) is 12.1. The van der Waals surface area contributed by atoms with E-state index in [9.17, 15) is 18.0 Å². The molecule has 0 aliphatic heterocycles. The van der Waals surface area contributed by atoms with Gasteiger partial charge in [-0.05, 0) is 36.8 Å². The minimum absolute atomic E-state index is 0.173. The van der Waals surface area contributed by atoms with Crippen LogP contribution in [0.3, 0.4) is 0 Å². The molecule has 7 heteroatoms. The van der Waals surface area contributed by atoms with E-state index in [2.05, 4.69) is 5.32 Å². The fourth-order valence-electron chi connectivity index (χ4n) is 2.39. The van der Waals surface area contributed by atoms with Crippen molar-refractivity contribution in [1.29, 1.82) is 0 Å². The Balaban J connectivity index is 1.83. The molecule has 1 atom stereocenters. The largest absolute Gasteiger partial charge is 0.497 e. The van der Waals surface area contributed by atoms with Gasteiger partial charge in [-0.1, -0.05) is 24.3 Å². The van der Waals surface area contributed by atoms with Gasteiger partial charge in [-0.15, -0.1) is 0 Å². The number of carbonyl (C=O) groups is 1. The van der Waals surface area contributed by atoms with Crippen LogP contribution in [0.1, 0.15) is 23.6 Å². The van der Waals surface area contributed by atoms with Crippen molar-refractivity contribution in [2.24, 2.45) is 0 Å². The maximum absolute atomic E-state index is 12.7. The third kappa shape index (κ3) is 5.77. The molecular formula is C19H22F3N2O2+. The molecule has 0 fully saturated rings. The molecule has 0 radical (unpaired) electrons. The monoisotopic (exact) mass is 367 g/mol. The highest BCUT2D eigenvalue weighted by Gasteiger charge is 2.30. The SMILES string of the molecule is COc1ccc(CNC(=O)[C@@H](C)[NH2+]Cc2cccc(C(F)(F)F)c2)cc1. The smallest absolute Gasteiger partial charge is 0.416 e. The second-order valence-corrected chi connectivity index (χ2v) is 5.99. The molecule has 0 aliphatic carbocycles. The number of nitrogens with two attached hydrogens (primary N) is 1. The van der Waals surface area contributed by atoms with Crippen LogP contribution < -0.4 is 15.4 Å². The maximum Gasteiger partial charge on any atom is 0.416 e. The van der Waals surface area contributed by atoms with E-state index >= 15 is 0 Å². The Labute approximate surface area is 150 Å². The van der Waals surface area contributed by atoms with Crippen LogP contribution in [0.5, 0.6) is 5.75 Å². The van der Waals surface area contributed by atoms with Crippen LogP contribution in [-0.2, 0) is 24.1 Å². The lowest BCUT2D eigenvalue weighted by Crippen LogP contribution is -2.90. The van der Waals surface area contributed by atoms with Gasteiger partial charge in [0.15, 0.2) is 6.04 Å². The number of amides is 1. The van der Waals surface area contributed by atoms with E-state index < -0.39 is 17.8 Å². The molecular weight excluding hydrogens is 345 g/mol. The van der Waals surface area contributed by atoms with Crippen LogP contribution in [0.25, 0.3) is 0 Å². The van der Waals surface area contributed by atoms with Crippen molar-refractivity contribution < 1.29 is 28.0 Å². The molecule has 0 heterocycles. The van der Waals surface area contributed by atoms with Crippen molar-refractivity contribution >= 4 is 5.91 Å². The standard InChI is InChI=1S/C19H21F3N2O2/c1-13(18(25)24-11-14-6-8-17(26-2)9-7-14)23-12-15-4-3-5-16(10-15)19(20,21)22/h3-10,13,23H,11-12H2,1-2H3,(H,24,25)/p+1/t13-/m1/s1. The minimum atomic E-state index is -4.36. The summed E-state index contributed by atoms with van der Waals surface area (Å²) in [4.78, 5) is 12.1. The van der Waals surface area contributed by atoms with Gasteiger partial charge >= 0.3 is 6.18 Å². The fraction of sp³-hybridized carbons (Fsp3) is 0.316. The Kier molecular flexibility index (Phi) is 6.63. The molecule has 2 aromatic rings. The van der Waals surface area contributed by atoms with E-state index in [0.29, 0.717) is 18.7 Å². The first-order valence-electron chi connectivity index (χ1n) is 8.19. The summed E-state index contributed by atoms with van der Waals surface area (Å²) in [6.45, 7) is 2.39. The molecule has 0 saturated heterocycles. The summed E-state index contributed by atoms with van der Waals surface area (Å²) in [5.41, 5.74) is 0.777.